The molecule has 0 saturated carbocycles. The van der Waals surface area contributed by atoms with Crippen LogP contribution in [-0.4, -0.2) is 27.3 Å². The highest BCUT2D eigenvalue weighted by Gasteiger charge is 2.54. The summed E-state index contributed by atoms with van der Waals surface area (Å²) in [5, 5.41) is 22.0. The minimum atomic E-state index is -0.851. The van der Waals surface area contributed by atoms with Crippen LogP contribution in [0.1, 0.15) is 34.1 Å². The molecule has 0 aromatic carbocycles. The normalized spacial score (nSPS) is 30.2. The Hall–Kier alpha value is -0.880. The van der Waals surface area contributed by atoms with Gasteiger partial charge in [0.1, 0.15) is 6.10 Å². The van der Waals surface area contributed by atoms with E-state index >= 15 is 0 Å². The van der Waals surface area contributed by atoms with Gasteiger partial charge in [-0.1, -0.05) is 0 Å². The number of rotatable bonds is 2. The van der Waals surface area contributed by atoms with Crippen molar-refractivity contribution < 1.29 is 15.1 Å². The zero-order valence-electron chi connectivity index (χ0n) is 8.81. The molecule has 1 aliphatic rings. The standard InChI is InChI=1S/C8H15N2O4/c1-7(2)5-6(14-10(12)13)8(3,4)9(7)11/h6H,5H2,1-4H3. The van der Waals surface area contributed by atoms with E-state index in [1.54, 1.807) is 27.7 Å². The minimum Gasteiger partial charge on any atom is -0.308 e. The number of hydrogen-bond donors (Lipinski definition) is 0. The maximum absolute atomic E-state index is 11.8. The average molecular weight is 203 g/mol. The van der Waals surface area contributed by atoms with Gasteiger partial charge in [-0.15, -0.1) is 20.4 Å². The maximum atomic E-state index is 11.8. The van der Waals surface area contributed by atoms with E-state index in [2.05, 4.69) is 4.84 Å². The van der Waals surface area contributed by atoms with Gasteiger partial charge in [-0.2, -0.15) is 0 Å². The molecule has 1 saturated heterocycles. The summed E-state index contributed by atoms with van der Waals surface area (Å²) in [6, 6.07) is 0. The molecule has 14 heavy (non-hydrogen) atoms. The molecule has 0 aliphatic carbocycles. The van der Waals surface area contributed by atoms with Crippen molar-refractivity contribution >= 4 is 0 Å². The summed E-state index contributed by atoms with van der Waals surface area (Å²) >= 11 is 0. The second kappa shape index (κ2) is 3.06. The monoisotopic (exact) mass is 203 g/mol. The van der Waals surface area contributed by atoms with Gasteiger partial charge in [0.15, 0.2) is 0 Å². The molecule has 1 aliphatic heterocycles. The zero-order chi connectivity index (χ0) is 11.1. The van der Waals surface area contributed by atoms with E-state index in [9.17, 15) is 15.3 Å². The van der Waals surface area contributed by atoms with Gasteiger partial charge in [0.05, 0.1) is 5.54 Å². The number of hydroxylamine groups is 2. The van der Waals surface area contributed by atoms with Crippen molar-refractivity contribution in [1.29, 1.82) is 0 Å². The first-order valence-electron chi connectivity index (χ1n) is 4.46. The highest BCUT2D eigenvalue weighted by molar-refractivity contribution is 5.02. The first-order chi connectivity index (χ1) is 6.18. The van der Waals surface area contributed by atoms with Crippen LogP contribution in [0.15, 0.2) is 0 Å². The van der Waals surface area contributed by atoms with Crippen molar-refractivity contribution in [1.82, 2.24) is 5.06 Å². The Morgan fingerprint density at radius 1 is 1.43 bits per heavy atom. The Bertz CT molecular complexity index is 252. The van der Waals surface area contributed by atoms with Gasteiger partial charge in [-0.25, -0.2) is 0 Å². The predicted molar refractivity (Wildman–Crippen MR) is 47.2 cm³/mol. The van der Waals surface area contributed by atoms with Gasteiger partial charge in [0.25, 0.3) is 5.09 Å². The van der Waals surface area contributed by atoms with Crippen LogP contribution < -0.4 is 0 Å². The average Bonchev–Trinajstić information content (AvgIpc) is 2.12. The second-order valence-electron chi connectivity index (χ2n) is 4.78. The minimum absolute atomic E-state index is 0.366. The molecular weight excluding hydrogens is 188 g/mol. The van der Waals surface area contributed by atoms with Crippen LogP contribution in [0.25, 0.3) is 0 Å². The fraction of sp³-hybridized carbons (Fsp3) is 1.00. The van der Waals surface area contributed by atoms with E-state index < -0.39 is 22.3 Å². The Kier molecular flexibility index (Phi) is 2.45. The molecule has 0 spiro atoms. The molecule has 0 amide bonds. The van der Waals surface area contributed by atoms with E-state index in [0.29, 0.717) is 6.42 Å². The third kappa shape index (κ3) is 1.67. The molecule has 6 nitrogen and oxygen atoms in total. The van der Waals surface area contributed by atoms with E-state index in [-0.39, 0.29) is 0 Å². The van der Waals surface area contributed by atoms with Crippen LogP contribution in [-0.2, 0) is 10.0 Å². The first kappa shape index (κ1) is 11.2. The van der Waals surface area contributed by atoms with Crippen molar-refractivity contribution in [2.24, 2.45) is 0 Å². The molecule has 6 heteroatoms. The molecule has 0 N–H and O–H groups in total. The SMILES string of the molecule is CC1(C)CC(O[N+](=O)[O-])C(C)(C)N1[O]. The number of hydrogen-bond acceptors (Lipinski definition) is 4. The van der Waals surface area contributed by atoms with Gasteiger partial charge in [0.2, 0.25) is 0 Å². The van der Waals surface area contributed by atoms with Crippen LogP contribution in [0.4, 0.5) is 0 Å². The van der Waals surface area contributed by atoms with Crippen LogP contribution in [0.5, 0.6) is 0 Å². The Labute approximate surface area is 82.5 Å². The van der Waals surface area contributed by atoms with E-state index in [4.69, 9.17) is 0 Å². The molecule has 0 aromatic rings. The Balaban J connectivity index is 2.85. The van der Waals surface area contributed by atoms with E-state index in [0.717, 1.165) is 5.06 Å². The first-order valence-corrected chi connectivity index (χ1v) is 4.46. The Morgan fingerprint density at radius 2 is 1.93 bits per heavy atom. The molecule has 0 aromatic heterocycles. The largest absolute Gasteiger partial charge is 0.308 e. The molecule has 1 unspecified atom stereocenters. The van der Waals surface area contributed by atoms with E-state index in [1.165, 1.54) is 0 Å². The Morgan fingerprint density at radius 3 is 2.21 bits per heavy atom. The van der Waals surface area contributed by atoms with Crippen molar-refractivity contribution in [2.75, 3.05) is 0 Å². The van der Waals surface area contributed by atoms with Crippen LogP contribution in [0.3, 0.4) is 0 Å². The lowest BCUT2D eigenvalue weighted by molar-refractivity contribution is -0.770. The summed E-state index contributed by atoms with van der Waals surface area (Å²) < 4.78 is 0. The fourth-order valence-electron chi connectivity index (χ4n) is 1.97. The quantitative estimate of drug-likeness (QED) is 0.498. The van der Waals surface area contributed by atoms with Crippen molar-refractivity contribution in [2.45, 2.75) is 51.3 Å². The van der Waals surface area contributed by atoms with Crippen molar-refractivity contribution in [3.63, 3.8) is 0 Å². The summed E-state index contributed by atoms with van der Waals surface area (Å²) in [5.74, 6) is 0. The topological polar surface area (TPSA) is 75.5 Å². The lowest BCUT2D eigenvalue weighted by atomic mass is 9.97. The third-order valence-corrected chi connectivity index (χ3v) is 2.76. The molecular formula is C8H15N2O4. The maximum Gasteiger partial charge on any atom is 0.294 e. The lowest BCUT2D eigenvalue weighted by Gasteiger charge is -2.32. The highest BCUT2D eigenvalue weighted by Crippen LogP contribution is 2.40. The molecule has 1 radical (unpaired) electrons. The molecule has 0 bridgehead atoms. The lowest BCUT2D eigenvalue weighted by Crippen LogP contribution is -2.48. The van der Waals surface area contributed by atoms with E-state index in [1.807, 2.05) is 0 Å². The number of nitrogens with zero attached hydrogens (tertiary/aromatic N) is 2. The molecule has 1 heterocycles. The molecule has 1 fully saturated rings. The fourth-order valence-corrected chi connectivity index (χ4v) is 1.97. The molecule has 81 valence electrons. The van der Waals surface area contributed by atoms with Crippen LogP contribution in [0, 0.1) is 10.1 Å². The van der Waals surface area contributed by atoms with Crippen LogP contribution in [0.2, 0.25) is 0 Å². The summed E-state index contributed by atoms with van der Waals surface area (Å²) in [4.78, 5) is 14.7. The smallest absolute Gasteiger partial charge is 0.294 e. The van der Waals surface area contributed by atoms with Gasteiger partial charge in [-0.3, -0.25) is 0 Å². The third-order valence-electron chi connectivity index (χ3n) is 2.76. The molecule has 1 rings (SSSR count). The van der Waals surface area contributed by atoms with Crippen LogP contribution >= 0.6 is 0 Å². The highest BCUT2D eigenvalue weighted by atomic mass is 17.0. The summed E-state index contributed by atoms with van der Waals surface area (Å²) in [5.41, 5.74) is -1.46. The summed E-state index contributed by atoms with van der Waals surface area (Å²) in [7, 11) is 0. The van der Waals surface area contributed by atoms with Gasteiger partial charge in [0, 0.05) is 5.54 Å². The van der Waals surface area contributed by atoms with Crippen molar-refractivity contribution in [3.8, 4) is 0 Å². The van der Waals surface area contributed by atoms with Gasteiger partial charge in [-0.05, 0) is 34.1 Å². The summed E-state index contributed by atoms with van der Waals surface area (Å²) in [6.45, 7) is 6.82. The van der Waals surface area contributed by atoms with Gasteiger partial charge < -0.3 is 4.84 Å². The predicted octanol–water partition coefficient (Wildman–Crippen LogP) is 1.17. The zero-order valence-corrected chi connectivity index (χ0v) is 8.81. The van der Waals surface area contributed by atoms with Crippen molar-refractivity contribution in [3.05, 3.63) is 10.1 Å². The molecule has 1 atom stereocenters. The second-order valence-corrected chi connectivity index (χ2v) is 4.78. The van der Waals surface area contributed by atoms with Gasteiger partial charge >= 0.3 is 0 Å². The summed E-state index contributed by atoms with van der Waals surface area (Å²) in [6.07, 6.45) is -0.296.